The first kappa shape index (κ1) is 18.8. The Balaban J connectivity index is 1.82. The van der Waals surface area contributed by atoms with E-state index in [0.29, 0.717) is 10.9 Å². The maximum Gasteiger partial charge on any atom is 0.266 e. The van der Waals surface area contributed by atoms with Crippen LogP contribution in [0.25, 0.3) is 0 Å². The molecule has 3 aromatic carbocycles. The molecule has 142 valence electrons. The van der Waals surface area contributed by atoms with Crippen LogP contribution in [0.3, 0.4) is 0 Å². The molecule has 1 fully saturated rings. The van der Waals surface area contributed by atoms with Crippen molar-refractivity contribution < 1.29 is 8.42 Å². The fourth-order valence-corrected chi connectivity index (χ4v) is 6.22. The van der Waals surface area contributed by atoms with E-state index in [1.807, 2.05) is 79.7 Å². The van der Waals surface area contributed by atoms with Gasteiger partial charge in [0.2, 0.25) is 0 Å². The Hall–Kier alpha value is -2.57. The second kappa shape index (κ2) is 7.81. The zero-order valence-corrected chi connectivity index (χ0v) is 17.0. The van der Waals surface area contributed by atoms with Crippen LogP contribution >= 0.6 is 11.8 Å². The molecule has 1 unspecified atom stereocenters. The van der Waals surface area contributed by atoms with Crippen LogP contribution in [0.4, 0.5) is 5.69 Å². The van der Waals surface area contributed by atoms with Gasteiger partial charge >= 0.3 is 0 Å². The summed E-state index contributed by atoms with van der Waals surface area (Å²) in [5, 5.41) is 0.501. The summed E-state index contributed by atoms with van der Waals surface area (Å²) in [5.74, 6) is 0.626. The second-order valence-electron chi connectivity index (χ2n) is 6.58. The summed E-state index contributed by atoms with van der Waals surface area (Å²) < 4.78 is 28.6. The normalized spacial score (nSPS) is 18.5. The lowest BCUT2D eigenvalue weighted by Crippen LogP contribution is -2.34. The number of hydrogen-bond donors (Lipinski definition) is 0. The Labute approximate surface area is 170 Å². The zero-order valence-electron chi connectivity index (χ0n) is 15.4. The second-order valence-corrected chi connectivity index (χ2v) is 9.38. The molecule has 6 heteroatoms. The van der Waals surface area contributed by atoms with Crippen LogP contribution in [-0.4, -0.2) is 23.6 Å². The average Bonchev–Trinajstić information content (AvgIpc) is 3.14. The van der Waals surface area contributed by atoms with Crippen LogP contribution in [0.2, 0.25) is 0 Å². The standard InChI is InChI=1S/C22H20N2O2S2/c1-17-12-14-20(15-13-17)28(25,26)24-21(18-8-4-2-5-9-18)16-27-22(24)23-19-10-6-3-7-11-19/h2-15,21H,16H2,1H3. The molecule has 0 radical (unpaired) electrons. The van der Waals surface area contributed by atoms with Crippen LogP contribution in [-0.2, 0) is 10.0 Å². The maximum atomic E-state index is 13.6. The van der Waals surface area contributed by atoms with Crippen LogP contribution in [0.1, 0.15) is 17.2 Å². The number of para-hydroxylation sites is 1. The molecule has 1 atom stereocenters. The molecule has 0 aromatic heterocycles. The third-order valence-corrected chi connectivity index (χ3v) is 7.54. The molecule has 0 bridgehead atoms. The predicted molar refractivity (Wildman–Crippen MR) is 115 cm³/mol. The van der Waals surface area contributed by atoms with Crippen molar-refractivity contribution in [3.8, 4) is 0 Å². The minimum Gasteiger partial charge on any atom is -0.236 e. The van der Waals surface area contributed by atoms with E-state index in [1.165, 1.54) is 16.1 Å². The molecule has 3 aromatic rings. The molecule has 1 aliphatic heterocycles. The van der Waals surface area contributed by atoms with Crippen molar-refractivity contribution in [1.29, 1.82) is 0 Å². The highest BCUT2D eigenvalue weighted by atomic mass is 32.2. The van der Waals surface area contributed by atoms with Gasteiger partial charge < -0.3 is 0 Å². The summed E-state index contributed by atoms with van der Waals surface area (Å²) >= 11 is 1.47. The SMILES string of the molecule is Cc1ccc(S(=O)(=O)N2C(=Nc3ccccc3)SCC2c2ccccc2)cc1. The number of nitrogens with zero attached hydrogens (tertiary/aromatic N) is 2. The Morgan fingerprint density at radius 1 is 0.893 bits per heavy atom. The smallest absolute Gasteiger partial charge is 0.236 e. The lowest BCUT2D eigenvalue weighted by molar-refractivity contribution is 0.478. The number of sulfonamides is 1. The molecule has 4 rings (SSSR count). The van der Waals surface area contributed by atoms with Crippen LogP contribution in [0.5, 0.6) is 0 Å². The molecular weight excluding hydrogens is 388 g/mol. The van der Waals surface area contributed by atoms with Crippen molar-refractivity contribution in [2.24, 2.45) is 4.99 Å². The lowest BCUT2D eigenvalue weighted by atomic mass is 10.1. The summed E-state index contributed by atoms with van der Waals surface area (Å²) in [6.07, 6.45) is 0. The quantitative estimate of drug-likeness (QED) is 0.599. The Morgan fingerprint density at radius 3 is 2.14 bits per heavy atom. The van der Waals surface area contributed by atoms with Gasteiger partial charge in [0.1, 0.15) is 0 Å². The first-order valence-electron chi connectivity index (χ1n) is 8.98. The van der Waals surface area contributed by atoms with Gasteiger partial charge in [0.05, 0.1) is 16.6 Å². The number of amidine groups is 1. The Kier molecular flexibility index (Phi) is 5.24. The lowest BCUT2D eigenvalue weighted by Gasteiger charge is -2.26. The third kappa shape index (κ3) is 3.70. The highest BCUT2D eigenvalue weighted by Crippen LogP contribution is 2.40. The zero-order chi connectivity index (χ0) is 19.6. The van der Waals surface area contributed by atoms with Gasteiger partial charge in [-0.3, -0.25) is 0 Å². The highest BCUT2D eigenvalue weighted by Gasteiger charge is 2.40. The van der Waals surface area contributed by atoms with Gasteiger partial charge in [0, 0.05) is 5.75 Å². The minimum absolute atomic E-state index is 0.280. The van der Waals surface area contributed by atoms with E-state index >= 15 is 0 Å². The summed E-state index contributed by atoms with van der Waals surface area (Å²) in [6.45, 7) is 1.94. The third-order valence-electron chi connectivity index (χ3n) is 4.58. The van der Waals surface area contributed by atoms with Crippen molar-refractivity contribution in [3.05, 3.63) is 96.1 Å². The van der Waals surface area contributed by atoms with Gasteiger partial charge in [-0.2, -0.15) is 0 Å². The molecule has 0 aliphatic carbocycles. The summed E-state index contributed by atoms with van der Waals surface area (Å²) in [7, 11) is -3.74. The van der Waals surface area contributed by atoms with Gasteiger partial charge in [-0.25, -0.2) is 17.7 Å². The number of aliphatic imine (C=N–C) groups is 1. The number of hydrogen-bond acceptors (Lipinski definition) is 4. The van der Waals surface area contributed by atoms with Crippen molar-refractivity contribution in [2.75, 3.05) is 5.75 Å². The fourth-order valence-electron chi connectivity index (χ4n) is 3.11. The summed E-state index contributed by atoms with van der Waals surface area (Å²) in [6, 6.07) is 25.9. The van der Waals surface area contributed by atoms with Gasteiger partial charge in [0.15, 0.2) is 5.17 Å². The first-order chi connectivity index (χ1) is 13.6. The van der Waals surface area contributed by atoms with Gasteiger partial charge in [-0.15, -0.1) is 0 Å². The van der Waals surface area contributed by atoms with Gasteiger partial charge in [0.25, 0.3) is 10.0 Å². The predicted octanol–water partition coefficient (Wildman–Crippen LogP) is 5.16. The van der Waals surface area contributed by atoms with E-state index in [0.717, 1.165) is 16.8 Å². The summed E-state index contributed by atoms with van der Waals surface area (Å²) in [5.41, 5.74) is 2.72. The number of thioether (sulfide) groups is 1. The topological polar surface area (TPSA) is 49.7 Å². The number of benzene rings is 3. The minimum atomic E-state index is -3.74. The molecule has 0 spiro atoms. The summed E-state index contributed by atoms with van der Waals surface area (Å²) in [4.78, 5) is 4.93. The number of rotatable bonds is 4. The molecule has 0 saturated carbocycles. The molecule has 28 heavy (non-hydrogen) atoms. The number of aryl methyl sites for hydroxylation is 1. The van der Waals surface area contributed by atoms with Crippen LogP contribution < -0.4 is 0 Å². The Morgan fingerprint density at radius 2 is 1.50 bits per heavy atom. The molecule has 0 N–H and O–H groups in total. The van der Waals surface area contributed by atoms with E-state index < -0.39 is 10.0 Å². The van der Waals surface area contributed by atoms with Crippen LogP contribution in [0.15, 0.2) is 94.8 Å². The van der Waals surface area contributed by atoms with E-state index in [2.05, 4.69) is 4.99 Å². The van der Waals surface area contributed by atoms with Gasteiger partial charge in [-0.1, -0.05) is 78.0 Å². The van der Waals surface area contributed by atoms with Crippen LogP contribution in [0, 0.1) is 6.92 Å². The molecule has 1 aliphatic rings. The maximum absolute atomic E-state index is 13.6. The van der Waals surface area contributed by atoms with Crippen molar-refractivity contribution in [1.82, 2.24) is 4.31 Å². The van der Waals surface area contributed by atoms with E-state index in [9.17, 15) is 8.42 Å². The molecule has 1 heterocycles. The molecule has 1 saturated heterocycles. The average molecular weight is 409 g/mol. The van der Waals surface area contributed by atoms with E-state index in [1.54, 1.807) is 12.1 Å². The van der Waals surface area contributed by atoms with Gasteiger partial charge in [-0.05, 0) is 36.8 Å². The first-order valence-corrected chi connectivity index (χ1v) is 11.4. The molecular formula is C22H20N2O2S2. The monoisotopic (exact) mass is 408 g/mol. The van der Waals surface area contributed by atoms with Crippen molar-refractivity contribution in [3.63, 3.8) is 0 Å². The largest absolute Gasteiger partial charge is 0.266 e. The van der Waals surface area contributed by atoms with E-state index in [4.69, 9.17) is 0 Å². The van der Waals surface area contributed by atoms with Crippen molar-refractivity contribution in [2.45, 2.75) is 17.9 Å². The molecule has 0 amide bonds. The Bertz CT molecular complexity index is 1080. The molecule has 4 nitrogen and oxygen atoms in total. The van der Waals surface area contributed by atoms with Crippen molar-refractivity contribution >= 4 is 32.6 Å². The highest BCUT2D eigenvalue weighted by molar-refractivity contribution is 8.15. The van der Waals surface area contributed by atoms with E-state index in [-0.39, 0.29) is 10.9 Å². The fraction of sp³-hybridized carbons (Fsp3) is 0.136.